The molecule has 1 aliphatic heterocycles. The maximum Gasteiger partial charge on any atom is 0.341 e. The first-order chi connectivity index (χ1) is 12.7. The van der Waals surface area contributed by atoms with Crippen LogP contribution in [0.4, 0.5) is 11.5 Å². The summed E-state index contributed by atoms with van der Waals surface area (Å²) >= 11 is 0. The van der Waals surface area contributed by atoms with Gasteiger partial charge in [0.05, 0.1) is 13.3 Å². The Hall–Kier alpha value is -3.16. The van der Waals surface area contributed by atoms with E-state index in [0.717, 1.165) is 31.1 Å². The van der Waals surface area contributed by atoms with Gasteiger partial charge in [-0.2, -0.15) is 5.10 Å². The summed E-state index contributed by atoms with van der Waals surface area (Å²) < 4.78 is 6.56. The first kappa shape index (κ1) is 16.3. The van der Waals surface area contributed by atoms with E-state index >= 15 is 0 Å². The molecule has 0 N–H and O–H groups in total. The van der Waals surface area contributed by atoms with Crippen molar-refractivity contribution in [2.24, 2.45) is 0 Å². The summed E-state index contributed by atoms with van der Waals surface area (Å²) in [7, 11) is 1.37. The zero-order chi connectivity index (χ0) is 18.1. The molecule has 3 aromatic heterocycles. The lowest BCUT2D eigenvalue weighted by atomic mass is 10.1. The van der Waals surface area contributed by atoms with Crippen LogP contribution in [0.1, 0.15) is 17.3 Å². The summed E-state index contributed by atoms with van der Waals surface area (Å²) in [6, 6.07) is 4.34. The molecule has 1 unspecified atom stereocenters. The molecule has 134 valence electrons. The maximum absolute atomic E-state index is 12.1. The van der Waals surface area contributed by atoms with Gasteiger partial charge in [0, 0.05) is 56.2 Å². The van der Waals surface area contributed by atoms with Gasteiger partial charge in [-0.1, -0.05) is 0 Å². The SMILES string of the molecule is COC(=O)c1cnn2ccnc(N3CCN(c4ccncc4)C(C)C3)c12. The van der Waals surface area contributed by atoms with Crippen molar-refractivity contribution in [2.45, 2.75) is 13.0 Å². The van der Waals surface area contributed by atoms with E-state index in [1.165, 1.54) is 13.3 Å². The van der Waals surface area contributed by atoms with Crippen LogP contribution in [0.2, 0.25) is 0 Å². The summed E-state index contributed by atoms with van der Waals surface area (Å²) in [5.74, 6) is 0.351. The zero-order valence-corrected chi connectivity index (χ0v) is 14.7. The number of rotatable bonds is 3. The van der Waals surface area contributed by atoms with Crippen molar-refractivity contribution in [2.75, 3.05) is 36.5 Å². The monoisotopic (exact) mass is 352 g/mol. The van der Waals surface area contributed by atoms with Gasteiger partial charge < -0.3 is 14.5 Å². The van der Waals surface area contributed by atoms with Gasteiger partial charge in [-0.15, -0.1) is 0 Å². The third kappa shape index (κ3) is 2.73. The lowest BCUT2D eigenvalue weighted by Crippen LogP contribution is -2.52. The minimum atomic E-state index is -0.405. The zero-order valence-electron chi connectivity index (χ0n) is 14.7. The molecule has 8 nitrogen and oxygen atoms in total. The Morgan fingerprint density at radius 2 is 2.04 bits per heavy atom. The summed E-state index contributed by atoms with van der Waals surface area (Å²) in [5.41, 5.74) is 2.28. The van der Waals surface area contributed by atoms with Gasteiger partial charge in [0.2, 0.25) is 0 Å². The van der Waals surface area contributed by atoms with Crippen LogP contribution in [0, 0.1) is 0 Å². The molecule has 0 bridgehead atoms. The molecule has 26 heavy (non-hydrogen) atoms. The van der Waals surface area contributed by atoms with Crippen molar-refractivity contribution in [1.82, 2.24) is 19.6 Å². The third-order valence-corrected chi connectivity index (χ3v) is 4.74. The number of methoxy groups -OCH3 is 1. The van der Waals surface area contributed by atoms with E-state index < -0.39 is 5.97 Å². The van der Waals surface area contributed by atoms with Crippen molar-refractivity contribution >= 4 is 23.0 Å². The second kappa shape index (κ2) is 6.62. The normalized spacial score (nSPS) is 17.5. The molecule has 3 aromatic rings. The molecular formula is C18H20N6O2. The number of carbonyl (C=O) groups excluding carboxylic acids is 1. The average molecular weight is 352 g/mol. The van der Waals surface area contributed by atoms with Crippen LogP contribution in [0.5, 0.6) is 0 Å². The molecule has 0 radical (unpaired) electrons. The minimum Gasteiger partial charge on any atom is -0.465 e. The van der Waals surface area contributed by atoms with Crippen molar-refractivity contribution in [3.8, 4) is 0 Å². The molecule has 0 aliphatic carbocycles. The molecule has 4 heterocycles. The summed E-state index contributed by atoms with van der Waals surface area (Å²) in [6.45, 7) is 4.63. The standard InChI is InChI=1S/C18H20N6O2/c1-13-12-22(9-10-23(13)14-3-5-19-6-4-14)17-16-15(18(25)26-2)11-21-24(16)8-7-20-17/h3-8,11,13H,9-10,12H2,1-2H3. The van der Waals surface area contributed by atoms with E-state index in [1.54, 1.807) is 16.9 Å². The van der Waals surface area contributed by atoms with Gasteiger partial charge >= 0.3 is 5.97 Å². The van der Waals surface area contributed by atoms with Crippen molar-refractivity contribution < 1.29 is 9.53 Å². The Bertz CT molecular complexity index is 926. The fourth-order valence-corrected chi connectivity index (χ4v) is 3.49. The van der Waals surface area contributed by atoms with E-state index in [9.17, 15) is 4.79 Å². The van der Waals surface area contributed by atoms with Gasteiger partial charge in [-0.05, 0) is 19.1 Å². The highest BCUT2D eigenvalue weighted by Crippen LogP contribution is 2.27. The number of fused-ring (bicyclic) bond motifs is 1. The highest BCUT2D eigenvalue weighted by atomic mass is 16.5. The first-order valence-corrected chi connectivity index (χ1v) is 8.51. The van der Waals surface area contributed by atoms with Crippen LogP contribution >= 0.6 is 0 Å². The highest BCUT2D eigenvalue weighted by Gasteiger charge is 2.28. The van der Waals surface area contributed by atoms with E-state index in [-0.39, 0.29) is 6.04 Å². The van der Waals surface area contributed by atoms with Crippen LogP contribution in [0.15, 0.2) is 43.1 Å². The quantitative estimate of drug-likeness (QED) is 0.663. The Balaban J connectivity index is 1.65. The molecule has 8 heteroatoms. The second-order valence-corrected chi connectivity index (χ2v) is 6.29. The van der Waals surface area contributed by atoms with Crippen LogP contribution in [0.25, 0.3) is 5.52 Å². The number of esters is 1. The molecule has 1 fully saturated rings. The minimum absolute atomic E-state index is 0.290. The number of hydrogen-bond acceptors (Lipinski definition) is 7. The highest BCUT2D eigenvalue weighted by molar-refractivity contribution is 6.00. The predicted octanol–water partition coefficient (Wildman–Crippen LogP) is 1.63. The van der Waals surface area contributed by atoms with Crippen LogP contribution in [0.3, 0.4) is 0 Å². The first-order valence-electron chi connectivity index (χ1n) is 8.51. The molecule has 0 amide bonds. The number of hydrogen-bond donors (Lipinski definition) is 0. The van der Waals surface area contributed by atoms with Gasteiger partial charge in [0.15, 0.2) is 5.82 Å². The Morgan fingerprint density at radius 1 is 1.23 bits per heavy atom. The van der Waals surface area contributed by atoms with Crippen LogP contribution in [-0.2, 0) is 4.74 Å². The fraction of sp³-hybridized carbons (Fsp3) is 0.333. The topological polar surface area (TPSA) is 75.9 Å². The van der Waals surface area contributed by atoms with Crippen molar-refractivity contribution in [1.29, 1.82) is 0 Å². The van der Waals surface area contributed by atoms with Crippen molar-refractivity contribution in [3.63, 3.8) is 0 Å². The molecule has 1 saturated heterocycles. The fourth-order valence-electron chi connectivity index (χ4n) is 3.49. The maximum atomic E-state index is 12.1. The number of anilines is 2. The van der Waals surface area contributed by atoms with E-state index in [2.05, 4.69) is 31.8 Å². The summed E-state index contributed by atoms with van der Waals surface area (Å²) in [5, 5.41) is 4.26. The van der Waals surface area contributed by atoms with Crippen LogP contribution in [-0.4, -0.2) is 58.3 Å². The lowest BCUT2D eigenvalue weighted by Gasteiger charge is -2.41. The van der Waals surface area contributed by atoms with E-state index in [0.29, 0.717) is 11.1 Å². The molecular weight excluding hydrogens is 332 g/mol. The number of pyridine rings is 1. The van der Waals surface area contributed by atoms with Gasteiger partial charge in [-0.25, -0.2) is 14.3 Å². The van der Waals surface area contributed by atoms with Gasteiger partial charge in [-0.3, -0.25) is 4.98 Å². The number of aromatic nitrogens is 4. The number of ether oxygens (including phenoxy) is 1. The van der Waals surface area contributed by atoms with Crippen LogP contribution < -0.4 is 9.80 Å². The molecule has 1 aliphatic rings. The Labute approximate surface area is 151 Å². The predicted molar refractivity (Wildman–Crippen MR) is 97.6 cm³/mol. The van der Waals surface area contributed by atoms with E-state index in [1.807, 2.05) is 24.5 Å². The number of piperazine rings is 1. The smallest absolute Gasteiger partial charge is 0.341 e. The third-order valence-electron chi connectivity index (χ3n) is 4.74. The second-order valence-electron chi connectivity index (χ2n) is 6.29. The molecule has 4 rings (SSSR count). The molecule has 0 aromatic carbocycles. The molecule has 1 atom stereocenters. The van der Waals surface area contributed by atoms with Crippen molar-refractivity contribution in [3.05, 3.63) is 48.7 Å². The van der Waals surface area contributed by atoms with Gasteiger partial charge in [0.25, 0.3) is 0 Å². The number of carbonyl (C=O) groups is 1. The van der Waals surface area contributed by atoms with E-state index in [4.69, 9.17) is 4.74 Å². The van der Waals surface area contributed by atoms with Gasteiger partial charge in [0.1, 0.15) is 11.1 Å². The Morgan fingerprint density at radius 3 is 2.77 bits per heavy atom. The summed E-state index contributed by atoms with van der Waals surface area (Å²) in [4.78, 5) is 25.3. The Kier molecular flexibility index (Phi) is 4.16. The molecule has 0 spiro atoms. The lowest BCUT2D eigenvalue weighted by molar-refractivity contribution is 0.0603. The largest absolute Gasteiger partial charge is 0.465 e. The molecule has 0 saturated carbocycles. The average Bonchev–Trinajstić information content (AvgIpc) is 3.12. The number of nitrogens with zero attached hydrogens (tertiary/aromatic N) is 6. The summed E-state index contributed by atoms with van der Waals surface area (Å²) in [6.07, 6.45) is 8.60.